The first-order valence-electron chi connectivity index (χ1n) is 9.76. The molecule has 4 heterocycles. The van der Waals surface area contributed by atoms with Gasteiger partial charge >= 0.3 is 0 Å². The minimum atomic E-state index is 0.0327. The molecule has 1 fully saturated rings. The minimum absolute atomic E-state index is 0.0327. The lowest BCUT2D eigenvalue weighted by atomic mass is 9.91. The molecule has 144 valence electrons. The molecule has 0 N–H and O–H groups in total. The second-order valence-corrected chi connectivity index (χ2v) is 7.48. The van der Waals surface area contributed by atoms with Gasteiger partial charge in [0.2, 0.25) is 0 Å². The molecule has 0 radical (unpaired) electrons. The summed E-state index contributed by atoms with van der Waals surface area (Å²) in [6.45, 7) is 3.57. The average Bonchev–Trinajstić information content (AvgIpc) is 3.07. The Bertz CT molecular complexity index is 949. The van der Waals surface area contributed by atoms with E-state index in [1.807, 2.05) is 48.0 Å². The van der Waals surface area contributed by atoms with Gasteiger partial charge in [-0.2, -0.15) is 0 Å². The number of hydrogen-bond acceptors (Lipinski definition) is 4. The summed E-state index contributed by atoms with van der Waals surface area (Å²) in [4.78, 5) is 27.8. The van der Waals surface area contributed by atoms with Crippen LogP contribution < -0.4 is 0 Å². The van der Waals surface area contributed by atoms with E-state index >= 15 is 0 Å². The molecule has 0 aliphatic carbocycles. The molecule has 3 aromatic heterocycles. The minimum Gasteiger partial charge on any atom is -0.337 e. The van der Waals surface area contributed by atoms with Crippen LogP contribution >= 0.6 is 0 Å². The molecule has 0 spiro atoms. The molecule has 1 amide bonds. The van der Waals surface area contributed by atoms with Crippen LogP contribution in [-0.2, 0) is 13.5 Å². The molecule has 0 unspecified atom stereocenters. The fourth-order valence-electron chi connectivity index (χ4n) is 3.84. The van der Waals surface area contributed by atoms with E-state index in [4.69, 9.17) is 0 Å². The van der Waals surface area contributed by atoms with Gasteiger partial charge in [0.05, 0.1) is 17.6 Å². The van der Waals surface area contributed by atoms with Gasteiger partial charge in [-0.15, -0.1) is 0 Å². The van der Waals surface area contributed by atoms with E-state index < -0.39 is 0 Å². The first-order chi connectivity index (χ1) is 13.6. The van der Waals surface area contributed by atoms with E-state index in [1.54, 1.807) is 12.3 Å². The second-order valence-electron chi connectivity index (χ2n) is 7.48. The van der Waals surface area contributed by atoms with E-state index in [1.165, 1.54) is 5.56 Å². The molecule has 3 aromatic rings. The average molecular weight is 375 g/mol. The van der Waals surface area contributed by atoms with Gasteiger partial charge in [-0.05, 0) is 55.9 Å². The summed E-state index contributed by atoms with van der Waals surface area (Å²) < 4.78 is 2.05. The molecular formula is C22H25N5O. The molecule has 1 aliphatic rings. The second kappa shape index (κ2) is 7.92. The van der Waals surface area contributed by atoms with Crippen molar-refractivity contribution in [1.82, 2.24) is 24.4 Å². The lowest BCUT2D eigenvalue weighted by Crippen LogP contribution is -2.40. The lowest BCUT2D eigenvalue weighted by molar-refractivity contribution is 0.0667. The number of pyridine rings is 2. The van der Waals surface area contributed by atoms with Crippen molar-refractivity contribution < 1.29 is 4.79 Å². The number of piperidine rings is 1. The van der Waals surface area contributed by atoms with Gasteiger partial charge in [-0.25, -0.2) is 4.98 Å². The number of likely N-dealkylation sites (tertiary alicyclic amines) is 1. The van der Waals surface area contributed by atoms with E-state index in [-0.39, 0.29) is 5.91 Å². The van der Waals surface area contributed by atoms with Crippen LogP contribution in [-0.4, -0.2) is 43.4 Å². The zero-order valence-corrected chi connectivity index (χ0v) is 16.4. The van der Waals surface area contributed by atoms with Crippen molar-refractivity contribution in [3.63, 3.8) is 0 Å². The quantitative estimate of drug-likeness (QED) is 0.702. The molecule has 1 saturated heterocycles. The Morgan fingerprint density at radius 2 is 2.04 bits per heavy atom. The zero-order chi connectivity index (χ0) is 19.5. The van der Waals surface area contributed by atoms with Crippen LogP contribution in [0.25, 0.3) is 11.4 Å². The molecule has 1 aliphatic heterocycles. The highest BCUT2D eigenvalue weighted by molar-refractivity contribution is 5.92. The Balaban J connectivity index is 1.41. The van der Waals surface area contributed by atoms with E-state index in [0.717, 1.165) is 49.6 Å². The topological polar surface area (TPSA) is 63.9 Å². The fourth-order valence-corrected chi connectivity index (χ4v) is 3.84. The molecule has 0 bridgehead atoms. The third-order valence-electron chi connectivity index (χ3n) is 5.52. The summed E-state index contributed by atoms with van der Waals surface area (Å²) in [5.41, 5.74) is 3.69. The van der Waals surface area contributed by atoms with Crippen molar-refractivity contribution in [2.24, 2.45) is 13.0 Å². The van der Waals surface area contributed by atoms with E-state index in [2.05, 4.69) is 27.1 Å². The van der Waals surface area contributed by atoms with Gasteiger partial charge in [-0.3, -0.25) is 14.8 Å². The first kappa shape index (κ1) is 18.3. The van der Waals surface area contributed by atoms with Gasteiger partial charge in [0.25, 0.3) is 5.91 Å². The van der Waals surface area contributed by atoms with Gasteiger partial charge in [0, 0.05) is 32.5 Å². The highest BCUT2D eigenvalue weighted by Gasteiger charge is 2.25. The normalized spacial score (nSPS) is 16.9. The molecule has 4 rings (SSSR count). The lowest BCUT2D eigenvalue weighted by Gasteiger charge is -2.32. The Morgan fingerprint density at radius 3 is 2.71 bits per heavy atom. The number of imidazole rings is 1. The maximum Gasteiger partial charge on any atom is 0.272 e. The van der Waals surface area contributed by atoms with Gasteiger partial charge in [0.1, 0.15) is 11.5 Å². The fraction of sp³-hybridized carbons (Fsp3) is 0.364. The number of hydrogen-bond donors (Lipinski definition) is 0. The van der Waals surface area contributed by atoms with Gasteiger partial charge < -0.3 is 9.47 Å². The Kier molecular flexibility index (Phi) is 5.19. The van der Waals surface area contributed by atoms with Crippen molar-refractivity contribution in [1.29, 1.82) is 0 Å². The van der Waals surface area contributed by atoms with Crippen molar-refractivity contribution in [3.8, 4) is 11.4 Å². The number of nitrogens with zero attached hydrogens (tertiary/aromatic N) is 5. The molecular weight excluding hydrogens is 350 g/mol. The maximum atomic E-state index is 12.7. The number of aryl methyl sites for hydroxylation is 1. The molecule has 0 saturated carbocycles. The summed E-state index contributed by atoms with van der Waals surface area (Å²) in [6.07, 6.45) is 8.59. The first-order valence-corrected chi connectivity index (χ1v) is 9.76. The highest BCUT2D eigenvalue weighted by Crippen LogP contribution is 2.23. The number of carbonyl (C=O) groups is 1. The van der Waals surface area contributed by atoms with Crippen LogP contribution in [0.4, 0.5) is 0 Å². The number of carbonyl (C=O) groups excluding carboxylic acids is 1. The summed E-state index contributed by atoms with van der Waals surface area (Å²) in [7, 11) is 2.00. The highest BCUT2D eigenvalue weighted by atomic mass is 16.2. The van der Waals surface area contributed by atoms with Crippen LogP contribution in [0.15, 0.2) is 48.9 Å². The molecule has 28 heavy (non-hydrogen) atoms. The number of aromatic nitrogens is 4. The van der Waals surface area contributed by atoms with Gasteiger partial charge in [-0.1, -0.05) is 12.1 Å². The smallest absolute Gasteiger partial charge is 0.272 e. The van der Waals surface area contributed by atoms with Crippen LogP contribution in [0.1, 0.15) is 34.7 Å². The Hall–Kier alpha value is -3.02. The molecule has 0 aromatic carbocycles. The summed E-state index contributed by atoms with van der Waals surface area (Å²) in [5, 5.41) is 0. The van der Waals surface area contributed by atoms with Crippen molar-refractivity contribution in [3.05, 3.63) is 66.0 Å². The third kappa shape index (κ3) is 3.81. The van der Waals surface area contributed by atoms with E-state index in [0.29, 0.717) is 11.6 Å². The molecule has 6 heteroatoms. The number of amides is 1. The molecule has 6 nitrogen and oxygen atoms in total. The third-order valence-corrected chi connectivity index (χ3v) is 5.52. The van der Waals surface area contributed by atoms with Crippen molar-refractivity contribution >= 4 is 5.91 Å². The van der Waals surface area contributed by atoms with Gasteiger partial charge in [0.15, 0.2) is 0 Å². The summed E-state index contributed by atoms with van der Waals surface area (Å²) >= 11 is 0. The zero-order valence-electron chi connectivity index (χ0n) is 16.4. The monoisotopic (exact) mass is 375 g/mol. The van der Waals surface area contributed by atoms with Crippen molar-refractivity contribution in [2.75, 3.05) is 13.1 Å². The summed E-state index contributed by atoms with van der Waals surface area (Å²) in [6, 6.07) is 9.68. The Morgan fingerprint density at radius 1 is 1.14 bits per heavy atom. The maximum absolute atomic E-state index is 12.7. The van der Waals surface area contributed by atoms with Crippen LogP contribution in [0.5, 0.6) is 0 Å². The van der Waals surface area contributed by atoms with Crippen molar-refractivity contribution in [2.45, 2.75) is 26.2 Å². The van der Waals surface area contributed by atoms with Crippen LogP contribution in [0, 0.1) is 12.8 Å². The predicted molar refractivity (Wildman–Crippen MR) is 108 cm³/mol. The predicted octanol–water partition coefficient (Wildman–Crippen LogP) is 3.28. The van der Waals surface area contributed by atoms with Crippen LogP contribution in [0.2, 0.25) is 0 Å². The Labute approximate surface area is 165 Å². The van der Waals surface area contributed by atoms with Crippen LogP contribution in [0.3, 0.4) is 0 Å². The van der Waals surface area contributed by atoms with E-state index in [9.17, 15) is 4.79 Å². The number of rotatable bonds is 4. The summed E-state index contributed by atoms with van der Waals surface area (Å²) in [5.74, 6) is 1.46. The standard InChI is InChI=1S/C22H25N5O/c1-16-24-14-21(26(16)2)19-9-8-17(13-25-19)12-18-6-5-11-27(15-18)22(28)20-7-3-4-10-23-20/h3-4,7-10,13-14,18H,5-6,11-12,15H2,1-2H3/t18-/m1/s1. The molecule has 1 atom stereocenters. The SMILES string of the molecule is Cc1ncc(-c2ccc(C[C@H]3CCCN(C(=O)c4ccccn4)C3)cn2)n1C. The largest absolute Gasteiger partial charge is 0.337 e.